The minimum absolute atomic E-state index is 0.102. The summed E-state index contributed by atoms with van der Waals surface area (Å²) in [6.07, 6.45) is 0. The zero-order valence-electron chi connectivity index (χ0n) is 21.9. The van der Waals surface area contributed by atoms with Gasteiger partial charge in [-0.05, 0) is 35.6 Å². The molecule has 1 saturated heterocycles. The molecule has 0 spiro atoms. The van der Waals surface area contributed by atoms with Gasteiger partial charge >= 0.3 is 10.9 Å². The molecule has 0 saturated carbocycles. The highest BCUT2D eigenvalue weighted by Gasteiger charge is 2.57. The van der Waals surface area contributed by atoms with Crippen LogP contribution in [-0.4, -0.2) is 38.5 Å². The lowest BCUT2D eigenvalue weighted by molar-refractivity contribution is -0.135. The summed E-state index contributed by atoms with van der Waals surface area (Å²) < 4.78 is 1.34. The number of nitrogens with two attached hydrogens (primary N) is 1. The average Bonchev–Trinajstić information content (AvgIpc) is 3.31. The summed E-state index contributed by atoms with van der Waals surface area (Å²) in [6.45, 7) is 7.94. The summed E-state index contributed by atoms with van der Waals surface area (Å²) in [7, 11) is 0. The zero-order chi connectivity index (χ0) is 28.2. The number of rotatable bonds is 4. The van der Waals surface area contributed by atoms with Crippen molar-refractivity contribution in [2.45, 2.75) is 55.8 Å². The second-order valence-corrected chi connectivity index (χ2v) is 12.9. The molecule has 3 aromatic rings. The van der Waals surface area contributed by atoms with Gasteiger partial charge in [-0.1, -0.05) is 85.8 Å². The number of urea groups is 1. The fraction of sp³-hybridized carbons (Fsp3) is 0.321. The summed E-state index contributed by atoms with van der Waals surface area (Å²) >= 11 is 1.99. The fourth-order valence-electron chi connectivity index (χ4n) is 5.00. The third-order valence-electron chi connectivity index (χ3n) is 7.04. The van der Waals surface area contributed by atoms with E-state index in [0.29, 0.717) is 20.5 Å². The summed E-state index contributed by atoms with van der Waals surface area (Å²) in [4.78, 5) is 65.4. The Kier molecular flexibility index (Phi) is 6.76. The molecule has 2 aliphatic heterocycles. The van der Waals surface area contributed by atoms with Crippen LogP contribution in [0.5, 0.6) is 0 Å². The molecule has 3 atom stereocenters. The Balaban J connectivity index is 1.56. The number of carbonyl (C=O) groups is 4. The third-order valence-corrected chi connectivity index (χ3v) is 9.65. The van der Waals surface area contributed by atoms with Gasteiger partial charge in [0.05, 0.1) is 10.9 Å². The number of hydrogen-bond donors (Lipinski definition) is 2. The van der Waals surface area contributed by atoms with Gasteiger partial charge in [0.25, 0.3) is 5.91 Å². The lowest BCUT2D eigenvalue weighted by atomic mass is 9.81. The monoisotopic (exact) mass is 564 g/mol. The number of anilines is 1. The molecule has 3 heterocycles. The first-order chi connectivity index (χ1) is 18.4. The first-order valence-electron chi connectivity index (χ1n) is 12.4. The van der Waals surface area contributed by atoms with Crippen LogP contribution in [0.2, 0.25) is 0 Å². The summed E-state index contributed by atoms with van der Waals surface area (Å²) in [6, 6.07) is 13.9. The Morgan fingerprint density at radius 2 is 1.62 bits per heavy atom. The van der Waals surface area contributed by atoms with Crippen molar-refractivity contribution >= 4 is 52.5 Å². The van der Waals surface area contributed by atoms with Crippen molar-refractivity contribution < 1.29 is 19.2 Å². The van der Waals surface area contributed by atoms with Crippen molar-refractivity contribution in [2.75, 3.05) is 5.32 Å². The number of primary amides is 1. The van der Waals surface area contributed by atoms with E-state index in [4.69, 9.17) is 5.73 Å². The van der Waals surface area contributed by atoms with E-state index in [1.54, 1.807) is 12.1 Å². The van der Waals surface area contributed by atoms with E-state index in [1.165, 1.54) is 4.57 Å². The number of nitrogens with one attached hydrogen (secondary N) is 1. The van der Waals surface area contributed by atoms with E-state index in [2.05, 4.69) is 26.1 Å². The van der Waals surface area contributed by atoms with Gasteiger partial charge in [0, 0.05) is 16.5 Å². The molecule has 1 fully saturated rings. The molecule has 0 aliphatic carbocycles. The van der Waals surface area contributed by atoms with E-state index in [0.717, 1.165) is 39.8 Å². The molecule has 2 aromatic carbocycles. The molecular weight excluding hydrogens is 536 g/mol. The van der Waals surface area contributed by atoms with Gasteiger partial charge in [-0.3, -0.25) is 23.7 Å². The van der Waals surface area contributed by atoms with Crippen molar-refractivity contribution in [3.8, 4) is 0 Å². The topological polar surface area (TPSA) is 132 Å². The van der Waals surface area contributed by atoms with E-state index in [1.807, 2.05) is 43.3 Å². The van der Waals surface area contributed by atoms with Crippen LogP contribution in [0.4, 0.5) is 10.5 Å². The second kappa shape index (κ2) is 9.80. The number of fused-ring (bicyclic) bond motifs is 2. The fourth-order valence-corrected chi connectivity index (χ4v) is 7.78. The van der Waals surface area contributed by atoms with Crippen molar-refractivity contribution in [1.29, 1.82) is 0 Å². The zero-order valence-corrected chi connectivity index (χ0v) is 23.5. The van der Waals surface area contributed by atoms with Crippen molar-refractivity contribution in [1.82, 2.24) is 9.47 Å². The molecule has 5 amide bonds. The first kappa shape index (κ1) is 26.9. The predicted octanol–water partition coefficient (Wildman–Crippen LogP) is 3.82. The van der Waals surface area contributed by atoms with Crippen molar-refractivity contribution in [3.05, 3.63) is 79.8 Å². The number of carbonyl (C=O) groups excluding carboxylic acids is 4. The average molecular weight is 565 g/mol. The summed E-state index contributed by atoms with van der Waals surface area (Å²) in [5, 5.41) is 2.29. The molecule has 5 rings (SSSR count). The van der Waals surface area contributed by atoms with Gasteiger partial charge in [0.2, 0.25) is 11.8 Å². The van der Waals surface area contributed by atoms with Gasteiger partial charge < -0.3 is 11.1 Å². The molecule has 3 unspecified atom stereocenters. The number of thioether (sulfide) groups is 1. The molecule has 0 radical (unpaired) electrons. The highest BCUT2D eigenvalue weighted by molar-refractivity contribution is 8.00. The van der Waals surface area contributed by atoms with E-state index in [-0.39, 0.29) is 16.8 Å². The standard InChI is InChI=1S/C28H28N4O5S2/c1-14-5-11-17(12-6-14)30-18(33)13-31-25-22(39-27(31)37)19(15-7-9-16(10-8-15)28(2,3)4)20-21(38-25)24(35)32(23(20)34)26(29)36/h5-12,19-21H,13H2,1-4H3,(H2,29,36)(H,30,33). The minimum atomic E-state index is -1.12. The highest BCUT2D eigenvalue weighted by Crippen LogP contribution is 2.53. The molecule has 11 heteroatoms. The van der Waals surface area contributed by atoms with E-state index in [9.17, 15) is 24.0 Å². The molecule has 39 heavy (non-hydrogen) atoms. The molecule has 1 aromatic heterocycles. The minimum Gasteiger partial charge on any atom is -0.351 e. The number of aromatic nitrogens is 1. The predicted molar refractivity (Wildman–Crippen MR) is 150 cm³/mol. The molecule has 2 aliphatic rings. The highest BCUT2D eigenvalue weighted by atomic mass is 32.2. The van der Waals surface area contributed by atoms with Gasteiger partial charge in [-0.15, -0.1) is 0 Å². The SMILES string of the molecule is Cc1ccc(NC(=O)Cn2c3c(sc2=O)C(c2ccc(C(C)(C)C)cc2)C2C(=O)N(C(N)=O)C(=O)C2S3)cc1. The van der Waals surface area contributed by atoms with Crippen molar-refractivity contribution in [2.24, 2.45) is 11.7 Å². The number of benzene rings is 2. The number of nitrogens with zero attached hydrogens (tertiary/aromatic N) is 2. The number of hydrogen-bond acceptors (Lipinski definition) is 7. The Bertz CT molecular complexity index is 1550. The smallest absolute Gasteiger partial charge is 0.328 e. The summed E-state index contributed by atoms with van der Waals surface area (Å²) in [5.74, 6) is -3.34. The van der Waals surface area contributed by atoms with Crippen LogP contribution in [0.25, 0.3) is 0 Å². The number of aryl methyl sites for hydroxylation is 1. The van der Waals surface area contributed by atoms with Gasteiger partial charge in [0.1, 0.15) is 11.8 Å². The molecule has 0 bridgehead atoms. The quantitative estimate of drug-likeness (QED) is 0.463. The van der Waals surface area contributed by atoms with Crippen LogP contribution in [0.1, 0.15) is 48.3 Å². The van der Waals surface area contributed by atoms with E-state index >= 15 is 0 Å². The largest absolute Gasteiger partial charge is 0.351 e. The maximum Gasteiger partial charge on any atom is 0.328 e. The Hall–Kier alpha value is -3.70. The van der Waals surface area contributed by atoms with Gasteiger partial charge in [-0.2, -0.15) is 4.90 Å². The van der Waals surface area contributed by atoms with Crippen LogP contribution in [0, 0.1) is 12.8 Å². The molecule has 202 valence electrons. The number of likely N-dealkylation sites (tertiary alicyclic amines) is 1. The Morgan fingerprint density at radius 1 is 0.974 bits per heavy atom. The summed E-state index contributed by atoms with van der Waals surface area (Å²) in [5.41, 5.74) is 8.76. The number of amides is 5. The number of thiazole rings is 1. The Morgan fingerprint density at radius 3 is 2.21 bits per heavy atom. The maximum atomic E-state index is 13.4. The third kappa shape index (κ3) is 4.80. The van der Waals surface area contributed by atoms with Crippen LogP contribution in [0.3, 0.4) is 0 Å². The van der Waals surface area contributed by atoms with Crippen molar-refractivity contribution in [3.63, 3.8) is 0 Å². The number of imide groups is 3. The van der Waals surface area contributed by atoms with E-state index < -0.39 is 40.8 Å². The van der Waals surface area contributed by atoms with Gasteiger partial charge in [0.15, 0.2) is 0 Å². The van der Waals surface area contributed by atoms with Crippen LogP contribution in [0.15, 0.2) is 58.4 Å². The maximum absolute atomic E-state index is 13.4. The van der Waals surface area contributed by atoms with Crippen LogP contribution < -0.4 is 15.9 Å². The normalized spacial score (nSPS) is 20.5. The lowest BCUT2D eigenvalue weighted by Crippen LogP contribution is -2.41. The molecule has 3 N–H and O–H groups in total. The second-order valence-electron chi connectivity index (χ2n) is 10.8. The van der Waals surface area contributed by atoms with Crippen LogP contribution >= 0.6 is 23.1 Å². The molecular formula is C28H28N4O5S2. The molecule has 9 nitrogen and oxygen atoms in total. The first-order valence-corrected chi connectivity index (χ1v) is 14.1. The van der Waals surface area contributed by atoms with Gasteiger partial charge in [-0.25, -0.2) is 4.79 Å². The Labute approximate surface area is 233 Å². The lowest BCUT2D eigenvalue weighted by Gasteiger charge is -2.31. The van der Waals surface area contributed by atoms with Crippen LogP contribution in [-0.2, 0) is 26.3 Å².